The van der Waals surface area contributed by atoms with Crippen LogP contribution in [0.25, 0.3) is 0 Å². The highest BCUT2D eigenvalue weighted by molar-refractivity contribution is 5.90. The van der Waals surface area contributed by atoms with Gasteiger partial charge in [-0.3, -0.25) is 4.90 Å². The van der Waals surface area contributed by atoms with E-state index in [1.54, 1.807) is 0 Å². The SMILES string of the molecule is C[C@H]1CN(CC(C)(C)O)CCN1C(=O)Nc1ccc2c(c1)N(C)CC2. The summed E-state index contributed by atoms with van der Waals surface area (Å²) in [4.78, 5) is 19.0. The predicted octanol–water partition coefficient (Wildman–Crippen LogP) is 1.99. The van der Waals surface area contributed by atoms with Gasteiger partial charge in [0.1, 0.15) is 0 Å². The summed E-state index contributed by atoms with van der Waals surface area (Å²) in [6.07, 6.45) is 1.07. The van der Waals surface area contributed by atoms with Crippen molar-refractivity contribution in [2.24, 2.45) is 0 Å². The molecule has 0 radical (unpaired) electrons. The van der Waals surface area contributed by atoms with E-state index in [2.05, 4.69) is 41.2 Å². The van der Waals surface area contributed by atoms with Crippen LogP contribution in [0.4, 0.5) is 16.2 Å². The van der Waals surface area contributed by atoms with Crippen molar-refractivity contribution < 1.29 is 9.90 Å². The number of β-amino-alcohol motifs (C(OH)–C–C–N with tert-alkyl or cyclic N) is 1. The largest absolute Gasteiger partial charge is 0.389 e. The highest BCUT2D eigenvalue weighted by Gasteiger charge is 2.30. The number of benzene rings is 1. The van der Waals surface area contributed by atoms with Gasteiger partial charge in [0.2, 0.25) is 0 Å². The smallest absolute Gasteiger partial charge is 0.322 e. The molecular weight excluding hydrogens is 316 g/mol. The third kappa shape index (κ3) is 4.25. The van der Waals surface area contributed by atoms with E-state index in [0.717, 1.165) is 31.7 Å². The van der Waals surface area contributed by atoms with Crippen LogP contribution in [0.3, 0.4) is 0 Å². The number of hydrogen-bond donors (Lipinski definition) is 2. The van der Waals surface area contributed by atoms with Crippen molar-refractivity contribution in [2.75, 3.05) is 50.0 Å². The average molecular weight is 346 g/mol. The molecule has 1 saturated heterocycles. The zero-order valence-electron chi connectivity index (χ0n) is 15.7. The molecule has 25 heavy (non-hydrogen) atoms. The number of nitrogens with one attached hydrogen (secondary N) is 1. The molecule has 1 fully saturated rings. The molecule has 1 atom stereocenters. The maximum atomic E-state index is 12.7. The number of urea groups is 1. The summed E-state index contributed by atoms with van der Waals surface area (Å²) >= 11 is 0. The molecule has 0 aliphatic carbocycles. The fourth-order valence-electron chi connectivity index (χ4n) is 3.84. The lowest BCUT2D eigenvalue weighted by Gasteiger charge is -2.41. The first-order valence-electron chi connectivity index (χ1n) is 9.09. The summed E-state index contributed by atoms with van der Waals surface area (Å²) in [6.45, 7) is 9.61. The zero-order valence-corrected chi connectivity index (χ0v) is 15.7. The van der Waals surface area contributed by atoms with Gasteiger partial charge in [0.05, 0.1) is 5.60 Å². The summed E-state index contributed by atoms with van der Waals surface area (Å²) in [5.74, 6) is 0. The first-order chi connectivity index (χ1) is 11.7. The average Bonchev–Trinajstić information content (AvgIpc) is 2.87. The lowest BCUT2D eigenvalue weighted by atomic mass is 10.1. The van der Waals surface area contributed by atoms with Gasteiger partial charge in [-0.15, -0.1) is 0 Å². The van der Waals surface area contributed by atoms with Crippen molar-refractivity contribution in [3.8, 4) is 0 Å². The van der Waals surface area contributed by atoms with Crippen LogP contribution in [0.15, 0.2) is 18.2 Å². The van der Waals surface area contributed by atoms with Gasteiger partial charge in [-0.25, -0.2) is 4.79 Å². The molecule has 2 aliphatic heterocycles. The van der Waals surface area contributed by atoms with Gasteiger partial charge >= 0.3 is 6.03 Å². The molecule has 6 nitrogen and oxygen atoms in total. The fourth-order valence-corrected chi connectivity index (χ4v) is 3.84. The third-order valence-electron chi connectivity index (χ3n) is 5.05. The van der Waals surface area contributed by atoms with Crippen LogP contribution in [0.5, 0.6) is 0 Å². The first-order valence-corrected chi connectivity index (χ1v) is 9.09. The first kappa shape index (κ1) is 18.0. The topological polar surface area (TPSA) is 59.1 Å². The number of carbonyl (C=O) groups excluding carboxylic acids is 1. The summed E-state index contributed by atoms with van der Waals surface area (Å²) in [7, 11) is 2.08. The summed E-state index contributed by atoms with van der Waals surface area (Å²) in [5, 5.41) is 13.0. The molecule has 2 heterocycles. The minimum absolute atomic E-state index is 0.0454. The number of nitrogens with zero attached hydrogens (tertiary/aromatic N) is 3. The molecule has 2 aliphatic rings. The maximum Gasteiger partial charge on any atom is 0.322 e. The van der Waals surface area contributed by atoms with Crippen LogP contribution in [0, 0.1) is 0 Å². The van der Waals surface area contributed by atoms with E-state index >= 15 is 0 Å². The van der Waals surface area contributed by atoms with E-state index in [0.29, 0.717) is 13.1 Å². The lowest BCUT2D eigenvalue weighted by molar-refractivity contribution is 0.0130. The highest BCUT2D eigenvalue weighted by atomic mass is 16.3. The van der Waals surface area contributed by atoms with Gasteiger partial charge in [0.15, 0.2) is 0 Å². The highest BCUT2D eigenvalue weighted by Crippen LogP contribution is 2.29. The molecule has 0 spiro atoms. The molecule has 138 valence electrons. The second-order valence-corrected chi connectivity index (χ2v) is 8.04. The number of piperazine rings is 1. The van der Waals surface area contributed by atoms with Crippen molar-refractivity contribution in [1.82, 2.24) is 9.80 Å². The van der Waals surface area contributed by atoms with Crippen molar-refractivity contribution in [3.63, 3.8) is 0 Å². The van der Waals surface area contributed by atoms with Crippen molar-refractivity contribution in [1.29, 1.82) is 0 Å². The molecule has 0 aromatic heterocycles. The molecule has 2 N–H and O–H groups in total. The standard InChI is InChI=1S/C19H30N4O2/c1-14-12-22(13-19(2,3)25)9-10-23(14)18(24)20-16-6-5-15-7-8-21(4)17(15)11-16/h5-6,11,14,25H,7-10,12-13H2,1-4H3,(H,20,24)/t14-/m0/s1. The molecule has 0 bridgehead atoms. The molecule has 0 unspecified atom stereocenters. The van der Waals surface area contributed by atoms with Crippen LogP contribution < -0.4 is 10.2 Å². The molecule has 2 amide bonds. The number of aliphatic hydroxyl groups is 1. The number of anilines is 2. The summed E-state index contributed by atoms with van der Waals surface area (Å²) < 4.78 is 0. The van der Waals surface area contributed by atoms with Crippen LogP contribution in [0.1, 0.15) is 26.3 Å². The van der Waals surface area contributed by atoms with Crippen molar-refractivity contribution >= 4 is 17.4 Å². The monoisotopic (exact) mass is 346 g/mol. The van der Waals surface area contributed by atoms with E-state index in [1.165, 1.54) is 11.3 Å². The summed E-state index contributed by atoms with van der Waals surface area (Å²) in [5.41, 5.74) is 2.69. The second-order valence-electron chi connectivity index (χ2n) is 8.04. The minimum atomic E-state index is -0.708. The quantitative estimate of drug-likeness (QED) is 0.879. The Balaban J connectivity index is 1.60. The Kier molecular flexibility index (Phi) is 4.93. The number of hydrogen-bond acceptors (Lipinski definition) is 4. The molecular formula is C19H30N4O2. The molecule has 3 rings (SSSR count). The minimum Gasteiger partial charge on any atom is -0.389 e. The normalized spacial score (nSPS) is 21.4. The Bertz CT molecular complexity index is 641. The van der Waals surface area contributed by atoms with Crippen LogP contribution in [-0.2, 0) is 6.42 Å². The number of carbonyl (C=O) groups is 1. The number of likely N-dealkylation sites (N-methyl/N-ethyl adjacent to an activating group) is 1. The van der Waals surface area contributed by atoms with Crippen LogP contribution >= 0.6 is 0 Å². The molecule has 6 heteroatoms. The fraction of sp³-hybridized carbons (Fsp3) is 0.632. The van der Waals surface area contributed by atoms with Crippen LogP contribution in [0.2, 0.25) is 0 Å². The second kappa shape index (κ2) is 6.84. The maximum absolute atomic E-state index is 12.7. The summed E-state index contributed by atoms with van der Waals surface area (Å²) in [6, 6.07) is 6.24. The zero-order chi connectivity index (χ0) is 18.2. The Morgan fingerprint density at radius 3 is 2.76 bits per heavy atom. The third-order valence-corrected chi connectivity index (χ3v) is 5.05. The van der Waals surface area contributed by atoms with Gasteiger partial charge in [-0.05, 0) is 44.9 Å². The van der Waals surface area contributed by atoms with Gasteiger partial charge in [-0.1, -0.05) is 6.07 Å². The molecule has 1 aromatic carbocycles. The van der Waals surface area contributed by atoms with Gasteiger partial charge in [0, 0.05) is 57.2 Å². The number of amides is 2. The Labute approximate surface area is 150 Å². The number of fused-ring (bicyclic) bond motifs is 1. The Morgan fingerprint density at radius 2 is 2.08 bits per heavy atom. The number of rotatable bonds is 3. The van der Waals surface area contributed by atoms with Crippen molar-refractivity contribution in [3.05, 3.63) is 23.8 Å². The molecule has 0 saturated carbocycles. The lowest BCUT2D eigenvalue weighted by Crippen LogP contribution is -2.57. The van der Waals surface area contributed by atoms with Gasteiger partial charge < -0.3 is 20.2 Å². The van der Waals surface area contributed by atoms with E-state index in [9.17, 15) is 9.90 Å². The van der Waals surface area contributed by atoms with Crippen LogP contribution in [-0.4, -0.2) is 72.4 Å². The molecule has 1 aromatic rings. The van der Waals surface area contributed by atoms with E-state index in [4.69, 9.17) is 0 Å². The van der Waals surface area contributed by atoms with E-state index in [1.807, 2.05) is 24.8 Å². The predicted molar refractivity (Wildman–Crippen MR) is 101 cm³/mol. The van der Waals surface area contributed by atoms with E-state index < -0.39 is 5.60 Å². The Morgan fingerprint density at radius 1 is 1.32 bits per heavy atom. The van der Waals surface area contributed by atoms with Gasteiger partial charge in [-0.2, -0.15) is 0 Å². The Hall–Kier alpha value is -1.79. The van der Waals surface area contributed by atoms with Crippen molar-refractivity contribution in [2.45, 2.75) is 38.8 Å². The van der Waals surface area contributed by atoms with E-state index in [-0.39, 0.29) is 12.1 Å². The van der Waals surface area contributed by atoms with Gasteiger partial charge in [0.25, 0.3) is 0 Å².